The maximum atomic E-state index is 5.86. The molecule has 0 saturated heterocycles. The van der Waals surface area contributed by atoms with E-state index in [1.165, 1.54) is 11.1 Å². The molecular formula is C16H23N6+. The van der Waals surface area contributed by atoms with Crippen molar-refractivity contribution in [3.05, 3.63) is 29.6 Å². The summed E-state index contributed by atoms with van der Waals surface area (Å²) in [5.41, 5.74) is 8.56. The average molecular weight is 299 g/mol. The number of fused-ring (bicyclic) bond motifs is 1. The van der Waals surface area contributed by atoms with Gasteiger partial charge in [0.25, 0.3) is 0 Å². The number of hydrogen-bond donors (Lipinski definition) is 2. The zero-order valence-electron chi connectivity index (χ0n) is 13.6. The molecular weight excluding hydrogens is 276 g/mol. The highest BCUT2D eigenvalue weighted by molar-refractivity contribution is 5.80. The molecule has 2 aromatic heterocycles. The lowest BCUT2D eigenvalue weighted by Crippen LogP contribution is -2.20. The van der Waals surface area contributed by atoms with Crippen molar-refractivity contribution >= 4 is 23.8 Å². The lowest BCUT2D eigenvalue weighted by Gasteiger charge is -2.18. The second-order valence-electron chi connectivity index (χ2n) is 7.05. The van der Waals surface area contributed by atoms with Crippen LogP contribution in [0, 0.1) is 5.41 Å². The summed E-state index contributed by atoms with van der Waals surface area (Å²) in [4.78, 5) is 8.63. The van der Waals surface area contributed by atoms with Gasteiger partial charge in [-0.3, -0.25) is 0 Å². The Hall–Kier alpha value is -2.37. The third kappa shape index (κ3) is 3.10. The summed E-state index contributed by atoms with van der Waals surface area (Å²) in [7, 11) is 2.04. The van der Waals surface area contributed by atoms with Crippen molar-refractivity contribution in [1.29, 1.82) is 0 Å². The molecule has 6 heteroatoms. The molecule has 3 rings (SSSR count). The van der Waals surface area contributed by atoms with E-state index in [2.05, 4.69) is 63.8 Å². The molecule has 6 nitrogen and oxygen atoms in total. The highest BCUT2D eigenvalue weighted by Gasteiger charge is 2.23. The van der Waals surface area contributed by atoms with Crippen molar-refractivity contribution in [3.63, 3.8) is 0 Å². The Morgan fingerprint density at radius 2 is 2.09 bits per heavy atom. The van der Waals surface area contributed by atoms with Gasteiger partial charge in [-0.15, -0.1) is 0 Å². The number of nitrogen functional groups attached to an aromatic ring is 1. The predicted octanol–water partition coefficient (Wildman–Crippen LogP) is 2.13. The standard InChI is InChI=1S/C16H23N6/c1-16(2,3)10-18-13-5-14(20-15(17)19-13)22-8-11-6-21(4)7-12(11)9-22/h5-8H,9-10H2,1-4H3,(H3,17,18,19,20)/q+1. The Morgan fingerprint density at radius 3 is 2.77 bits per heavy atom. The van der Waals surface area contributed by atoms with Crippen LogP contribution in [0.1, 0.15) is 31.9 Å². The fraction of sp³-hybridized carbons (Fsp3) is 0.438. The van der Waals surface area contributed by atoms with Gasteiger partial charge in [0.2, 0.25) is 0 Å². The molecule has 0 aromatic carbocycles. The number of hydrogen-bond acceptors (Lipinski definition) is 4. The summed E-state index contributed by atoms with van der Waals surface area (Å²) in [6.07, 6.45) is 6.35. The minimum Gasteiger partial charge on any atom is -0.369 e. The minimum absolute atomic E-state index is 0.177. The number of rotatable bonds is 3. The Labute approximate surface area is 130 Å². The highest BCUT2D eigenvalue weighted by atomic mass is 15.2. The van der Waals surface area contributed by atoms with Gasteiger partial charge in [-0.1, -0.05) is 20.8 Å². The van der Waals surface area contributed by atoms with E-state index in [1.807, 2.05) is 13.1 Å². The SMILES string of the molecule is Cn1cc2c(c1)C[N+](c1cc(NCC(C)(C)C)nc(N)n1)=C2. The third-order valence-electron chi connectivity index (χ3n) is 3.53. The van der Waals surface area contributed by atoms with Crippen LogP contribution in [0.25, 0.3) is 0 Å². The smallest absolute Gasteiger partial charge is 0.338 e. The Balaban J connectivity index is 1.84. The molecule has 116 valence electrons. The molecule has 0 radical (unpaired) electrons. The van der Waals surface area contributed by atoms with E-state index in [9.17, 15) is 0 Å². The maximum Gasteiger partial charge on any atom is 0.338 e. The predicted molar refractivity (Wildman–Crippen MR) is 88.6 cm³/mol. The molecule has 22 heavy (non-hydrogen) atoms. The highest BCUT2D eigenvalue weighted by Crippen LogP contribution is 2.23. The normalized spacial score (nSPS) is 13.9. The first-order valence-electron chi connectivity index (χ1n) is 7.45. The van der Waals surface area contributed by atoms with Crippen molar-refractivity contribution in [3.8, 4) is 0 Å². The summed E-state index contributed by atoms with van der Waals surface area (Å²) in [5.74, 6) is 1.88. The van der Waals surface area contributed by atoms with E-state index >= 15 is 0 Å². The monoisotopic (exact) mass is 299 g/mol. The van der Waals surface area contributed by atoms with Crippen LogP contribution in [0.4, 0.5) is 17.6 Å². The van der Waals surface area contributed by atoms with Crippen molar-refractivity contribution in [2.45, 2.75) is 27.3 Å². The van der Waals surface area contributed by atoms with Crippen LogP contribution in [0.15, 0.2) is 18.5 Å². The lowest BCUT2D eigenvalue weighted by atomic mass is 9.97. The molecule has 0 saturated carbocycles. The summed E-state index contributed by atoms with van der Waals surface area (Å²) in [5, 5.41) is 3.34. The van der Waals surface area contributed by atoms with Gasteiger partial charge < -0.3 is 15.6 Å². The Kier molecular flexibility index (Phi) is 3.39. The zero-order valence-corrected chi connectivity index (χ0v) is 13.6. The summed E-state index contributed by atoms with van der Waals surface area (Å²) < 4.78 is 4.17. The molecule has 0 aliphatic carbocycles. The van der Waals surface area contributed by atoms with Gasteiger partial charge in [0.15, 0.2) is 0 Å². The van der Waals surface area contributed by atoms with E-state index in [0.717, 1.165) is 24.7 Å². The fourth-order valence-corrected chi connectivity index (χ4v) is 2.50. The summed E-state index contributed by atoms with van der Waals surface area (Å²) in [6, 6.07) is 1.95. The maximum absolute atomic E-state index is 5.86. The van der Waals surface area contributed by atoms with E-state index in [1.54, 1.807) is 0 Å². The Morgan fingerprint density at radius 1 is 1.32 bits per heavy atom. The number of nitrogens with zero attached hydrogens (tertiary/aromatic N) is 4. The van der Waals surface area contributed by atoms with Crippen LogP contribution >= 0.6 is 0 Å². The number of aromatic nitrogens is 3. The largest absolute Gasteiger partial charge is 0.369 e. The number of nitrogens with one attached hydrogen (secondary N) is 1. The van der Waals surface area contributed by atoms with Gasteiger partial charge in [0.1, 0.15) is 18.6 Å². The Bertz CT molecular complexity index is 736. The van der Waals surface area contributed by atoms with E-state index in [-0.39, 0.29) is 5.41 Å². The minimum atomic E-state index is 0.177. The van der Waals surface area contributed by atoms with Crippen LogP contribution in [0.3, 0.4) is 0 Å². The first kappa shape index (κ1) is 14.6. The van der Waals surface area contributed by atoms with Crippen LogP contribution in [0.5, 0.6) is 0 Å². The fourth-order valence-electron chi connectivity index (χ4n) is 2.50. The molecule has 1 aliphatic rings. The molecule has 3 N–H and O–H groups in total. The molecule has 0 fully saturated rings. The van der Waals surface area contributed by atoms with E-state index in [4.69, 9.17) is 5.73 Å². The van der Waals surface area contributed by atoms with Crippen LogP contribution in [-0.4, -0.2) is 31.9 Å². The quantitative estimate of drug-likeness (QED) is 0.852. The van der Waals surface area contributed by atoms with Crippen molar-refractivity contribution in [2.24, 2.45) is 12.5 Å². The van der Waals surface area contributed by atoms with Gasteiger partial charge in [0.05, 0.1) is 6.07 Å². The molecule has 0 atom stereocenters. The van der Waals surface area contributed by atoms with Crippen molar-refractivity contribution < 1.29 is 4.58 Å². The lowest BCUT2D eigenvalue weighted by molar-refractivity contribution is -0.451. The van der Waals surface area contributed by atoms with Gasteiger partial charge in [-0.05, 0) is 10.4 Å². The molecule has 3 heterocycles. The van der Waals surface area contributed by atoms with Crippen LogP contribution in [-0.2, 0) is 13.6 Å². The number of nitrogens with two attached hydrogens (primary N) is 1. The topological polar surface area (TPSA) is 71.8 Å². The van der Waals surface area contributed by atoms with Gasteiger partial charge in [0, 0.05) is 37.1 Å². The molecule has 0 bridgehead atoms. The van der Waals surface area contributed by atoms with Gasteiger partial charge in [-0.25, -0.2) is 4.58 Å². The number of aryl methyl sites for hydroxylation is 1. The average Bonchev–Trinajstić information content (AvgIpc) is 2.92. The van der Waals surface area contributed by atoms with Gasteiger partial charge in [-0.2, -0.15) is 4.98 Å². The van der Waals surface area contributed by atoms with Crippen LogP contribution in [0.2, 0.25) is 0 Å². The second-order valence-corrected chi connectivity index (χ2v) is 7.05. The summed E-state index contributed by atoms with van der Waals surface area (Å²) >= 11 is 0. The van der Waals surface area contributed by atoms with Crippen molar-refractivity contribution in [2.75, 3.05) is 17.6 Å². The molecule has 0 unspecified atom stereocenters. The zero-order chi connectivity index (χ0) is 15.9. The van der Waals surface area contributed by atoms with Gasteiger partial charge >= 0.3 is 11.8 Å². The molecule has 1 aliphatic heterocycles. The van der Waals surface area contributed by atoms with E-state index in [0.29, 0.717) is 5.95 Å². The number of anilines is 2. The molecule has 2 aromatic rings. The van der Waals surface area contributed by atoms with Crippen molar-refractivity contribution in [1.82, 2.24) is 14.5 Å². The molecule has 0 amide bonds. The molecule has 0 spiro atoms. The second kappa shape index (κ2) is 5.12. The first-order valence-corrected chi connectivity index (χ1v) is 7.45. The summed E-state index contributed by atoms with van der Waals surface area (Å²) in [6.45, 7) is 8.17. The first-order chi connectivity index (χ1) is 10.3. The van der Waals surface area contributed by atoms with E-state index < -0.39 is 0 Å². The third-order valence-corrected chi connectivity index (χ3v) is 3.53. The van der Waals surface area contributed by atoms with Crippen LogP contribution < -0.4 is 11.1 Å².